The van der Waals surface area contributed by atoms with E-state index in [0.717, 1.165) is 19.3 Å². The molecule has 1 fully saturated rings. The maximum Gasteiger partial charge on any atom is 0.241 e. The Bertz CT molecular complexity index is 428. The molecular weight excluding hydrogens is 247 g/mol. The van der Waals surface area contributed by atoms with Gasteiger partial charge in [-0.1, -0.05) is 19.3 Å². The predicted octanol–water partition coefficient (Wildman–Crippen LogP) is 2.35. The standard InChI is InChI=1S/C14H19FN2O2/c15-11-4-6-12(7-5-11)16-17-13(18)10-14(19)8-2-1-3-9-14/h4-7,16,19H,1-3,8-10H2,(H,17,18). The number of carbonyl (C=O) groups is 1. The molecule has 3 N–H and O–H groups in total. The molecule has 0 spiro atoms. The SMILES string of the molecule is O=C(CC1(O)CCCCC1)NNc1ccc(F)cc1. The second-order valence-corrected chi connectivity index (χ2v) is 5.14. The van der Waals surface area contributed by atoms with Crippen LogP contribution in [0, 0.1) is 5.82 Å². The molecule has 1 aromatic rings. The molecule has 1 aliphatic rings. The highest BCUT2D eigenvalue weighted by atomic mass is 19.1. The molecule has 0 radical (unpaired) electrons. The number of halogens is 1. The Labute approximate surface area is 112 Å². The highest BCUT2D eigenvalue weighted by Crippen LogP contribution is 2.30. The van der Waals surface area contributed by atoms with Crippen LogP contribution in [0.3, 0.4) is 0 Å². The molecule has 1 aliphatic carbocycles. The van der Waals surface area contributed by atoms with Crippen molar-refractivity contribution < 1.29 is 14.3 Å². The van der Waals surface area contributed by atoms with E-state index in [1.165, 1.54) is 24.3 Å². The van der Waals surface area contributed by atoms with Gasteiger partial charge in [0.25, 0.3) is 0 Å². The first kappa shape index (κ1) is 13.8. The van der Waals surface area contributed by atoms with E-state index in [1.807, 2.05) is 0 Å². The van der Waals surface area contributed by atoms with Crippen LogP contribution in [-0.4, -0.2) is 16.6 Å². The maximum atomic E-state index is 12.7. The number of hydrogen-bond donors (Lipinski definition) is 3. The fourth-order valence-corrected chi connectivity index (χ4v) is 2.40. The molecule has 104 valence electrons. The normalized spacial score (nSPS) is 17.8. The van der Waals surface area contributed by atoms with Crippen LogP contribution in [0.1, 0.15) is 38.5 Å². The van der Waals surface area contributed by atoms with Crippen molar-refractivity contribution in [1.82, 2.24) is 5.43 Å². The van der Waals surface area contributed by atoms with E-state index in [-0.39, 0.29) is 18.1 Å². The van der Waals surface area contributed by atoms with Crippen LogP contribution in [0.15, 0.2) is 24.3 Å². The molecular formula is C14H19FN2O2. The van der Waals surface area contributed by atoms with Gasteiger partial charge in [0.1, 0.15) is 5.82 Å². The van der Waals surface area contributed by atoms with E-state index in [4.69, 9.17) is 0 Å². The molecule has 0 aromatic heterocycles. The second kappa shape index (κ2) is 6.02. The number of amides is 1. The summed E-state index contributed by atoms with van der Waals surface area (Å²) in [6.07, 6.45) is 4.51. The van der Waals surface area contributed by atoms with Crippen molar-refractivity contribution in [3.8, 4) is 0 Å². The van der Waals surface area contributed by atoms with Crippen molar-refractivity contribution in [1.29, 1.82) is 0 Å². The summed E-state index contributed by atoms with van der Waals surface area (Å²) >= 11 is 0. The van der Waals surface area contributed by atoms with E-state index in [0.29, 0.717) is 18.5 Å². The number of rotatable bonds is 4. The minimum absolute atomic E-state index is 0.0984. The summed E-state index contributed by atoms with van der Waals surface area (Å²) < 4.78 is 12.7. The first-order valence-corrected chi connectivity index (χ1v) is 6.60. The lowest BCUT2D eigenvalue weighted by Crippen LogP contribution is -2.40. The lowest BCUT2D eigenvalue weighted by atomic mass is 9.82. The van der Waals surface area contributed by atoms with Crippen molar-refractivity contribution in [2.45, 2.75) is 44.1 Å². The van der Waals surface area contributed by atoms with Crippen molar-refractivity contribution in [3.05, 3.63) is 30.1 Å². The summed E-state index contributed by atoms with van der Waals surface area (Å²) in [6, 6.07) is 5.68. The third-order valence-electron chi connectivity index (χ3n) is 3.46. The van der Waals surface area contributed by atoms with E-state index in [2.05, 4.69) is 10.9 Å². The number of benzene rings is 1. The lowest BCUT2D eigenvalue weighted by Gasteiger charge is -2.31. The van der Waals surface area contributed by atoms with Gasteiger partial charge in [0.15, 0.2) is 0 Å². The van der Waals surface area contributed by atoms with Crippen molar-refractivity contribution in [2.24, 2.45) is 0 Å². The van der Waals surface area contributed by atoms with Gasteiger partial charge in [0.05, 0.1) is 17.7 Å². The Morgan fingerprint density at radius 1 is 1.21 bits per heavy atom. The predicted molar refractivity (Wildman–Crippen MR) is 70.8 cm³/mol. The van der Waals surface area contributed by atoms with Gasteiger partial charge in [-0.3, -0.25) is 15.6 Å². The molecule has 4 nitrogen and oxygen atoms in total. The van der Waals surface area contributed by atoms with Gasteiger partial charge in [-0.15, -0.1) is 0 Å². The lowest BCUT2D eigenvalue weighted by molar-refractivity contribution is -0.126. The summed E-state index contributed by atoms with van der Waals surface area (Å²) in [5.74, 6) is -0.581. The first-order valence-electron chi connectivity index (χ1n) is 6.60. The molecule has 1 amide bonds. The van der Waals surface area contributed by atoms with Gasteiger partial charge in [-0.2, -0.15) is 0 Å². The van der Waals surface area contributed by atoms with Crippen LogP contribution >= 0.6 is 0 Å². The number of hydrogen-bond acceptors (Lipinski definition) is 3. The Morgan fingerprint density at radius 2 is 1.84 bits per heavy atom. The second-order valence-electron chi connectivity index (χ2n) is 5.14. The Kier molecular flexibility index (Phi) is 4.37. The number of anilines is 1. The quantitative estimate of drug-likeness (QED) is 0.733. The van der Waals surface area contributed by atoms with Crippen LogP contribution in [-0.2, 0) is 4.79 Å². The highest BCUT2D eigenvalue weighted by Gasteiger charge is 2.31. The van der Waals surface area contributed by atoms with Crippen molar-refractivity contribution in [2.75, 3.05) is 5.43 Å². The summed E-state index contributed by atoms with van der Waals surface area (Å²) in [5, 5.41) is 10.2. The molecule has 0 unspecified atom stereocenters. The Balaban J connectivity index is 1.79. The van der Waals surface area contributed by atoms with E-state index >= 15 is 0 Å². The van der Waals surface area contributed by atoms with Crippen LogP contribution in [0.25, 0.3) is 0 Å². The van der Waals surface area contributed by atoms with Gasteiger partial charge >= 0.3 is 0 Å². The molecule has 5 heteroatoms. The average molecular weight is 266 g/mol. The third kappa shape index (κ3) is 4.21. The molecule has 0 bridgehead atoms. The zero-order valence-electron chi connectivity index (χ0n) is 10.8. The van der Waals surface area contributed by atoms with Gasteiger partial charge in [0, 0.05) is 0 Å². The molecule has 0 saturated heterocycles. The molecule has 19 heavy (non-hydrogen) atoms. The monoisotopic (exact) mass is 266 g/mol. The van der Waals surface area contributed by atoms with E-state index < -0.39 is 5.60 Å². The first-order chi connectivity index (χ1) is 9.07. The minimum Gasteiger partial charge on any atom is -0.389 e. The maximum absolute atomic E-state index is 12.7. The fourth-order valence-electron chi connectivity index (χ4n) is 2.40. The molecule has 1 aromatic carbocycles. The van der Waals surface area contributed by atoms with E-state index in [1.54, 1.807) is 0 Å². The summed E-state index contributed by atoms with van der Waals surface area (Å²) in [4.78, 5) is 11.7. The zero-order valence-corrected chi connectivity index (χ0v) is 10.8. The molecule has 0 atom stereocenters. The molecule has 0 heterocycles. The van der Waals surface area contributed by atoms with Gasteiger partial charge in [0.2, 0.25) is 5.91 Å². The van der Waals surface area contributed by atoms with Crippen LogP contribution in [0.4, 0.5) is 10.1 Å². The molecule has 0 aliphatic heterocycles. The molecule has 1 saturated carbocycles. The zero-order chi connectivity index (χ0) is 13.7. The van der Waals surface area contributed by atoms with E-state index in [9.17, 15) is 14.3 Å². The topological polar surface area (TPSA) is 61.4 Å². The number of nitrogens with one attached hydrogen (secondary N) is 2. The number of hydrazine groups is 1. The highest BCUT2D eigenvalue weighted by molar-refractivity contribution is 5.78. The minimum atomic E-state index is -0.868. The number of aliphatic hydroxyl groups is 1. The van der Waals surface area contributed by atoms with Crippen LogP contribution in [0.5, 0.6) is 0 Å². The fraction of sp³-hybridized carbons (Fsp3) is 0.500. The van der Waals surface area contributed by atoms with Gasteiger partial charge in [-0.05, 0) is 37.1 Å². The van der Waals surface area contributed by atoms with Gasteiger partial charge < -0.3 is 5.11 Å². The molecule has 2 rings (SSSR count). The van der Waals surface area contributed by atoms with Crippen LogP contribution < -0.4 is 10.9 Å². The third-order valence-corrected chi connectivity index (χ3v) is 3.46. The van der Waals surface area contributed by atoms with Crippen LogP contribution in [0.2, 0.25) is 0 Å². The summed E-state index contributed by atoms with van der Waals surface area (Å²) in [7, 11) is 0. The summed E-state index contributed by atoms with van der Waals surface area (Å²) in [6.45, 7) is 0. The van der Waals surface area contributed by atoms with Crippen molar-refractivity contribution >= 4 is 11.6 Å². The Morgan fingerprint density at radius 3 is 2.47 bits per heavy atom. The van der Waals surface area contributed by atoms with Gasteiger partial charge in [-0.25, -0.2) is 4.39 Å². The average Bonchev–Trinajstić information content (AvgIpc) is 2.38. The smallest absolute Gasteiger partial charge is 0.241 e. The number of carbonyl (C=O) groups excluding carboxylic acids is 1. The largest absolute Gasteiger partial charge is 0.389 e. The Hall–Kier alpha value is -1.62. The van der Waals surface area contributed by atoms with Crippen molar-refractivity contribution in [3.63, 3.8) is 0 Å². The summed E-state index contributed by atoms with van der Waals surface area (Å²) in [5.41, 5.74) is 4.95.